The molecule has 2 rings (SSSR count). The van der Waals surface area contributed by atoms with E-state index in [-0.39, 0.29) is 12.3 Å². The third-order valence-electron chi connectivity index (χ3n) is 4.25. The first kappa shape index (κ1) is 14.7. The highest BCUT2D eigenvalue weighted by Gasteiger charge is 2.69. The van der Waals surface area contributed by atoms with Gasteiger partial charge in [-0.1, -0.05) is 12.2 Å². The van der Waals surface area contributed by atoms with E-state index in [2.05, 4.69) is 0 Å². The number of rotatable bonds is 4. The molecule has 2 aliphatic carbocycles. The van der Waals surface area contributed by atoms with Crippen molar-refractivity contribution >= 4 is 0 Å². The number of allylic oxidation sites excluding steroid dienone is 2. The lowest BCUT2D eigenvalue weighted by molar-refractivity contribution is -0.370. The molecular formula is C12H14F6O. The summed E-state index contributed by atoms with van der Waals surface area (Å²) in [6.07, 6.45) is -7.92. The van der Waals surface area contributed by atoms with E-state index in [1.54, 1.807) is 0 Å². The maximum absolute atomic E-state index is 12.4. The van der Waals surface area contributed by atoms with Gasteiger partial charge in [0.2, 0.25) is 0 Å². The van der Waals surface area contributed by atoms with E-state index in [0.717, 1.165) is 6.42 Å². The predicted octanol–water partition coefficient (Wildman–Crippen LogP) is 3.83. The maximum atomic E-state index is 12.4. The van der Waals surface area contributed by atoms with Gasteiger partial charge >= 0.3 is 12.4 Å². The minimum absolute atomic E-state index is 0.167. The zero-order valence-electron chi connectivity index (χ0n) is 9.93. The first-order valence-electron chi connectivity index (χ1n) is 6.10. The number of hydrogen-bond acceptors (Lipinski definition) is 1. The van der Waals surface area contributed by atoms with Crippen LogP contribution in [-0.2, 0) is 0 Å². The molecule has 0 bridgehead atoms. The van der Waals surface area contributed by atoms with Crippen LogP contribution >= 0.6 is 0 Å². The van der Waals surface area contributed by atoms with Gasteiger partial charge in [-0.3, -0.25) is 0 Å². The van der Waals surface area contributed by atoms with Crippen LogP contribution in [0.3, 0.4) is 0 Å². The van der Waals surface area contributed by atoms with Crippen molar-refractivity contribution in [1.29, 1.82) is 0 Å². The number of hydrogen-bond donors (Lipinski definition) is 1. The molecule has 0 aliphatic heterocycles. The van der Waals surface area contributed by atoms with Crippen LogP contribution in [0, 0.1) is 17.8 Å². The van der Waals surface area contributed by atoms with Crippen molar-refractivity contribution in [2.45, 2.75) is 43.6 Å². The van der Waals surface area contributed by atoms with Crippen molar-refractivity contribution < 1.29 is 31.4 Å². The number of alkyl halides is 6. The molecule has 0 saturated heterocycles. The lowest BCUT2D eigenvalue weighted by Crippen LogP contribution is -2.56. The molecule has 0 aromatic rings. The molecule has 1 fully saturated rings. The lowest BCUT2D eigenvalue weighted by atomic mass is 9.57. The first-order valence-corrected chi connectivity index (χ1v) is 6.10. The van der Waals surface area contributed by atoms with Gasteiger partial charge in [0.1, 0.15) is 0 Å². The summed E-state index contributed by atoms with van der Waals surface area (Å²) in [5, 5.41) is 8.96. The smallest absolute Gasteiger partial charge is 0.374 e. The minimum Gasteiger partial charge on any atom is -0.374 e. The number of aliphatic hydroxyl groups is 1. The fourth-order valence-corrected chi connectivity index (χ4v) is 2.82. The second kappa shape index (κ2) is 4.40. The van der Waals surface area contributed by atoms with Gasteiger partial charge in [-0.2, -0.15) is 26.3 Å². The highest BCUT2D eigenvalue weighted by Crippen LogP contribution is 2.52. The average Bonchev–Trinajstić information content (AvgIpc) is 2.20. The summed E-state index contributed by atoms with van der Waals surface area (Å²) in [5.74, 6) is 0.958. The Bertz CT molecular complexity index is 355. The fourth-order valence-electron chi connectivity index (χ4n) is 2.82. The third-order valence-corrected chi connectivity index (χ3v) is 4.25. The highest BCUT2D eigenvalue weighted by molar-refractivity contribution is 5.17. The molecule has 0 aromatic heterocycles. The Morgan fingerprint density at radius 1 is 1.00 bits per heavy atom. The fraction of sp³-hybridized carbons (Fsp3) is 0.833. The van der Waals surface area contributed by atoms with E-state index in [9.17, 15) is 26.3 Å². The van der Waals surface area contributed by atoms with Crippen molar-refractivity contribution in [3.8, 4) is 0 Å². The molecule has 1 N–H and O–H groups in total. The van der Waals surface area contributed by atoms with Crippen molar-refractivity contribution in [3.63, 3.8) is 0 Å². The van der Waals surface area contributed by atoms with Crippen LogP contribution in [0.2, 0.25) is 0 Å². The standard InChI is InChI=1S/C12H14F6O/c13-11(14,15)10(19,12(16,17)18)5-1-2-7-6-8-3-4-9(7)8/h3-4,7-9,19H,1-2,5-6H2/t7?,8-,9?/m1/s1. The molecule has 7 heteroatoms. The van der Waals surface area contributed by atoms with E-state index in [4.69, 9.17) is 5.11 Å². The Balaban J connectivity index is 1.89. The van der Waals surface area contributed by atoms with Gasteiger partial charge in [0.15, 0.2) is 0 Å². The first-order chi connectivity index (χ1) is 8.56. The average molecular weight is 288 g/mol. The van der Waals surface area contributed by atoms with E-state index >= 15 is 0 Å². The molecular weight excluding hydrogens is 274 g/mol. The quantitative estimate of drug-likeness (QED) is 0.615. The molecule has 3 atom stereocenters. The molecule has 2 aliphatic rings. The third kappa shape index (κ3) is 2.37. The Morgan fingerprint density at radius 2 is 1.58 bits per heavy atom. The van der Waals surface area contributed by atoms with E-state index in [1.807, 2.05) is 12.2 Å². The summed E-state index contributed by atoms with van der Waals surface area (Å²) in [6, 6.07) is 0. The second-order valence-electron chi connectivity index (χ2n) is 5.37. The Hall–Kier alpha value is -0.720. The molecule has 0 amide bonds. The van der Waals surface area contributed by atoms with E-state index in [1.165, 1.54) is 0 Å². The monoisotopic (exact) mass is 288 g/mol. The van der Waals surface area contributed by atoms with Gasteiger partial charge in [0, 0.05) is 0 Å². The summed E-state index contributed by atoms with van der Waals surface area (Å²) in [7, 11) is 0. The highest BCUT2D eigenvalue weighted by atomic mass is 19.4. The Kier molecular flexibility index (Phi) is 3.40. The molecule has 0 heterocycles. The van der Waals surface area contributed by atoms with Gasteiger partial charge in [-0.25, -0.2) is 0 Å². The normalized spacial score (nSPS) is 30.6. The topological polar surface area (TPSA) is 20.2 Å². The summed E-state index contributed by atoms with van der Waals surface area (Å²) < 4.78 is 74.3. The second-order valence-corrected chi connectivity index (χ2v) is 5.37. The Labute approximate surface area is 106 Å². The summed E-state index contributed by atoms with van der Waals surface area (Å²) in [4.78, 5) is 0. The van der Waals surface area contributed by atoms with Gasteiger partial charge in [-0.05, 0) is 43.4 Å². The van der Waals surface area contributed by atoms with Gasteiger partial charge in [0.25, 0.3) is 5.60 Å². The molecule has 0 spiro atoms. The SMILES string of the molecule is OC(CCCC1C[C@H]2C=CC12)(C(F)(F)F)C(F)(F)F. The molecule has 1 saturated carbocycles. The van der Waals surface area contributed by atoms with Crippen LogP contribution in [0.1, 0.15) is 25.7 Å². The molecule has 2 unspecified atom stereocenters. The van der Waals surface area contributed by atoms with Crippen LogP contribution in [0.25, 0.3) is 0 Å². The molecule has 19 heavy (non-hydrogen) atoms. The van der Waals surface area contributed by atoms with E-state index < -0.39 is 24.4 Å². The van der Waals surface area contributed by atoms with Crippen molar-refractivity contribution in [1.82, 2.24) is 0 Å². The number of fused-ring (bicyclic) bond motifs is 1. The lowest BCUT2D eigenvalue weighted by Gasteiger charge is -2.48. The van der Waals surface area contributed by atoms with Crippen molar-refractivity contribution in [3.05, 3.63) is 12.2 Å². The van der Waals surface area contributed by atoms with Gasteiger partial charge < -0.3 is 5.11 Å². The molecule has 1 nitrogen and oxygen atoms in total. The Morgan fingerprint density at radius 3 is 1.89 bits per heavy atom. The summed E-state index contributed by atoms with van der Waals surface area (Å²) in [5.41, 5.74) is -4.58. The molecule has 110 valence electrons. The van der Waals surface area contributed by atoms with Crippen LogP contribution in [0.4, 0.5) is 26.3 Å². The van der Waals surface area contributed by atoms with Crippen LogP contribution in [0.5, 0.6) is 0 Å². The van der Waals surface area contributed by atoms with Crippen molar-refractivity contribution in [2.24, 2.45) is 17.8 Å². The van der Waals surface area contributed by atoms with Crippen LogP contribution < -0.4 is 0 Å². The van der Waals surface area contributed by atoms with Gasteiger partial charge in [0.05, 0.1) is 0 Å². The molecule has 0 radical (unpaired) electrons. The van der Waals surface area contributed by atoms with Crippen LogP contribution in [-0.4, -0.2) is 23.1 Å². The largest absolute Gasteiger partial charge is 0.426 e. The predicted molar refractivity (Wildman–Crippen MR) is 55.1 cm³/mol. The van der Waals surface area contributed by atoms with Crippen molar-refractivity contribution in [2.75, 3.05) is 0 Å². The zero-order valence-corrected chi connectivity index (χ0v) is 9.93. The zero-order chi connectivity index (χ0) is 14.5. The number of halogens is 6. The molecule has 0 aromatic carbocycles. The van der Waals surface area contributed by atoms with Crippen LogP contribution in [0.15, 0.2) is 12.2 Å². The summed E-state index contributed by atoms with van der Waals surface area (Å²) in [6.45, 7) is 0. The maximum Gasteiger partial charge on any atom is 0.426 e. The van der Waals surface area contributed by atoms with Gasteiger partial charge in [-0.15, -0.1) is 0 Å². The summed E-state index contributed by atoms with van der Waals surface area (Å²) >= 11 is 0. The minimum atomic E-state index is -5.69. The van der Waals surface area contributed by atoms with E-state index in [0.29, 0.717) is 18.3 Å².